The molecule has 22 heavy (non-hydrogen) atoms. The lowest BCUT2D eigenvalue weighted by Gasteiger charge is -2.09. The molecule has 0 bridgehead atoms. The molecule has 3 rings (SSSR count). The second-order valence-corrected chi connectivity index (χ2v) is 6.80. The predicted octanol–water partition coefficient (Wildman–Crippen LogP) is 2.08. The fourth-order valence-electron chi connectivity index (χ4n) is 2.12. The maximum Gasteiger partial charge on any atom is 0.279 e. The van der Waals surface area contributed by atoms with Crippen LogP contribution < -0.4 is 4.72 Å². The zero-order chi connectivity index (χ0) is 16.1. The Hall–Kier alpha value is -2.16. The van der Waals surface area contributed by atoms with E-state index >= 15 is 0 Å². The van der Waals surface area contributed by atoms with Crippen LogP contribution in [0.1, 0.15) is 24.5 Å². The van der Waals surface area contributed by atoms with Gasteiger partial charge in [0.2, 0.25) is 0 Å². The Morgan fingerprint density at radius 3 is 2.68 bits per heavy atom. The van der Waals surface area contributed by atoms with Crippen molar-refractivity contribution in [2.24, 2.45) is 7.05 Å². The zero-order valence-corrected chi connectivity index (χ0v) is 12.4. The fourth-order valence-corrected chi connectivity index (χ4v) is 3.33. The van der Waals surface area contributed by atoms with Gasteiger partial charge in [-0.05, 0) is 25.0 Å². The monoisotopic (exact) mass is 329 g/mol. The van der Waals surface area contributed by atoms with Crippen LogP contribution in [0.5, 0.6) is 5.75 Å². The van der Waals surface area contributed by atoms with E-state index in [1.165, 1.54) is 17.8 Å². The molecule has 2 aromatic rings. The van der Waals surface area contributed by atoms with Crippen LogP contribution in [0.15, 0.2) is 23.2 Å². The highest BCUT2D eigenvalue weighted by atomic mass is 32.2. The first-order valence-corrected chi connectivity index (χ1v) is 8.01. The van der Waals surface area contributed by atoms with Gasteiger partial charge in [0.1, 0.15) is 0 Å². The van der Waals surface area contributed by atoms with Gasteiger partial charge in [-0.2, -0.15) is 13.5 Å². The molecule has 1 fully saturated rings. The number of aryl methyl sites for hydroxylation is 1. The molecule has 0 radical (unpaired) electrons. The minimum absolute atomic E-state index is 0.127. The Balaban J connectivity index is 1.95. The van der Waals surface area contributed by atoms with Crippen molar-refractivity contribution < 1.29 is 22.3 Å². The van der Waals surface area contributed by atoms with Gasteiger partial charge in [0.25, 0.3) is 10.0 Å². The largest absolute Gasteiger partial charge is 0.503 e. The molecule has 1 aromatic heterocycles. The van der Waals surface area contributed by atoms with Gasteiger partial charge in [0.15, 0.2) is 22.4 Å². The first-order valence-electron chi connectivity index (χ1n) is 6.53. The molecule has 0 spiro atoms. The molecule has 1 aromatic carbocycles. The number of nitrogens with zero attached hydrogens (tertiary/aromatic N) is 2. The summed E-state index contributed by atoms with van der Waals surface area (Å²) in [4.78, 5) is 0. The number of anilines is 1. The van der Waals surface area contributed by atoms with E-state index in [4.69, 9.17) is 0 Å². The van der Waals surface area contributed by atoms with Crippen LogP contribution in [0.3, 0.4) is 0 Å². The number of rotatable bonds is 4. The topological polar surface area (TPSA) is 84.2 Å². The summed E-state index contributed by atoms with van der Waals surface area (Å²) in [6.07, 6.45) is 1.93. The summed E-state index contributed by atoms with van der Waals surface area (Å²) < 4.78 is 54.5. The number of nitrogens with one attached hydrogen (secondary N) is 1. The molecule has 0 aliphatic heterocycles. The van der Waals surface area contributed by atoms with E-state index in [-0.39, 0.29) is 10.9 Å². The number of phenols is 1. The summed E-state index contributed by atoms with van der Waals surface area (Å²) in [5.74, 6) is -3.50. The fraction of sp³-hybridized carbons (Fsp3) is 0.308. The van der Waals surface area contributed by atoms with Gasteiger partial charge in [-0.15, -0.1) is 0 Å². The molecular formula is C13H13F2N3O3S. The van der Waals surface area contributed by atoms with Crippen LogP contribution in [0, 0.1) is 11.6 Å². The number of halogens is 2. The van der Waals surface area contributed by atoms with Crippen molar-refractivity contribution in [3.05, 3.63) is 35.5 Å². The van der Waals surface area contributed by atoms with E-state index in [1.54, 1.807) is 0 Å². The van der Waals surface area contributed by atoms with Crippen molar-refractivity contribution in [3.63, 3.8) is 0 Å². The minimum Gasteiger partial charge on any atom is -0.503 e. The number of hydrogen-bond donors (Lipinski definition) is 2. The van der Waals surface area contributed by atoms with Gasteiger partial charge < -0.3 is 5.11 Å². The van der Waals surface area contributed by atoms with Crippen LogP contribution in [-0.4, -0.2) is 23.3 Å². The maximum absolute atomic E-state index is 13.7. The lowest BCUT2D eigenvalue weighted by molar-refractivity contribution is 0.397. The quantitative estimate of drug-likeness (QED) is 0.899. The van der Waals surface area contributed by atoms with Crippen molar-refractivity contribution in [2.45, 2.75) is 23.8 Å². The third kappa shape index (κ3) is 2.52. The smallest absolute Gasteiger partial charge is 0.279 e. The highest BCUT2D eigenvalue weighted by Crippen LogP contribution is 2.40. The summed E-state index contributed by atoms with van der Waals surface area (Å²) in [6.45, 7) is 0. The molecular weight excluding hydrogens is 316 g/mol. The van der Waals surface area contributed by atoms with Crippen LogP contribution in [0.25, 0.3) is 0 Å². The molecule has 1 heterocycles. The van der Waals surface area contributed by atoms with E-state index in [0.717, 1.165) is 25.0 Å². The number of benzene rings is 1. The van der Waals surface area contributed by atoms with E-state index in [9.17, 15) is 22.3 Å². The van der Waals surface area contributed by atoms with Crippen LogP contribution in [0.4, 0.5) is 14.5 Å². The third-order valence-corrected chi connectivity index (χ3v) is 4.86. The molecule has 0 unspecified atom stereocenters. The first kappa shape index (κ1) is 14.8. The van der Waals surface area contributed by atoms with Crippen molar-refractivity contribution in [2.75, 3.05) is 4.72 Å². The summed E-state index contributed by atoms with van der Waals surface area (Å²) in [5.41, 5.74) is 0.137. The van der Waals surface area contributed by atoms with E-state index in [1.807, 2.05) is 4.72 Å². The van der Waals surface area contributed by atoms with Crippen LogP contribution >= 0.6 is 0 Å². The van der Waals surface area contributed by atoms with Gasteiger partial charge >= 0.3 is 0 Å². The standard InChI is InChI=1S/C13H13F2N3O3S/c1-18-11(6-10(16-18)7-2-3-7)22(20,21)17-9-5-4-8(14)13(19)12(9)15/h4-7,17,19H,2-3H2,1H3. The molecule has 1 saturated carbocycles. The second-order valence-electron chi connectivity index (χ2n) is 5.17. The maximum atomic E-state index is 13.7. The number of hydrogen-bond acceptors (Lipinski definition) is 4. The van der Waals surface area contributed by atoms with Crippen molar-refractivity contribution in [1.29, 1.82) is 0 Å². The molecule has 0 amide bonds. The number of aromatic hydroxyl groups is 1. The predicted molar refractivity (Wildman–Crippen MR) is 74.0 cm³/mol. The molecule has 0 atom stereocenters. The molecule has 2 N–H and O–H groups in total. The molecule has 1 aliphatic carbocycles. The lowest BCUT2D eigenvalue weighted by atomic mass is 10.3. The van der Waals surface area contributed by atoms with Crippen LogP contribution in [0.2, 0.25) is 0 Å². The molecule has 118 valence electrons. The van der Waals surface area contributed by atoms with E-state index in [2.05, 4.69) is 5.10 Å². The van der Waals surface area contributed by atoms with Gasteiger partial charge in [-0.1, -0.05) is 0 Å². The highest BCUT2D eigenvalue weighted by Gasteiger charge is 2.30. The average molecular weight is 329 g/mol. The van der Waals surface area contributed by atoms with Crippen molar-refractivity contribution in [1.82, 2.24) is 9.78 Å². The Morgan fingerprint density at radius 2 is 2.05 bits per heavy atom. The van der Waals surface area contributed by atoms with Gasteiger partial charge in [-0.25, -0.2) is 8.78 Å². The number of sulfonamides is 1. The van der Waals surface area contributed by atoms with Crippen LogP contribution in [-0.2, 0) is 17.1 Å². The van der Waals surface area contributed by atoms with Gasteiger partial charge in [0.05, 0.1) is 11.4 Å². The SMILES string of the molecule is Cn1nc(C2CC2)cc1S(=O)(=O)Nc1ccc(F)c(O)c1F. The minimum atomic E-state index is -4.10. The lowest BCUT2D eigenvalue weighted by Crippen LogP contribution is -2.17. The van der Waals surface area contributed by atoms with Gasteiger partial charge in [0, 0.05) is 19.0 Å². The summed E-state index contributed by atoms with van der Waals surface area (Å²) in [5, 5.41) is 13.2. The molecule has 1 aliphatic rings. The summed E-state index contributed by atoms with van der Waals surface area (Å²) >= 11 is 0. The van der Waals surface area contributed by atoms with Gasteiger partial charge in [-0.3, -0.25) is 9.40 Å². The third-order valence-electron chi connectivity index (χ3n) is 3.44. The molecule has 9 heteroatoms. The number of aromatic nitrogens is 2. The zero-order valence-electron chi connectivity index (χ0n) is 11.5. The van der Waals surface area contributed by atoms with E-state index < -0.39 is 33.1 Å². The highest BCUT2D eigenvalue weighted by molar-refractivity contribution is 7.92. The number of phenolic OH excluding ortho intramolecular Hbond substituents is 1. The van der Waals surface area contributed by atoms with Crippen molar-refractivity contribution in [3.8, 4) is 5.75 Å². The molecule has 6 nitrogen and oxygen atoms in total. The normalized spacial score (nSPS) is 15.0. The van der Waals surface area contributed by atoms with Crippen molar-refractivity contribution >= 4 is 15.7 Å². The summed E-state index contributed by atoms with van der Waals surface area (Å²) in [7, 11) is -2.63. The summed E-state index contributed by atoms with van der Waals surface area (Å²) in [6, 6.07) is 3.11. The molecule has 0 saturated heterocycles. The Kier molecular flexibility index (Phi) is 3.32. The second kappa shape index (κ2) is 4.94. The average Bonchev–Trinajstić information content (AvgIpc) is 3.22. The Labute approximate surface area is 125 Å². The Morgan fingerprint density at radius 1 is 1.36 bits per heavy atom. The first-order chi connectivity index (χ1) is 10.3. The Bertz CT molecular complexity index is 844. The van der Waals surface area contributed by atoms with E-state index in [0.29, 0.717) is 5.69 Å².